The quantitative estimate of drug-likeness (QED) is 0.524. The Labute approximate surface area is 173 Å². The Morgan fingerprint density at radius 2 is 1.89 bits per heavy atom. The molecule has 4 rings (SSSR count). The minimum atomic E-state index is 0.0614. The van der Waals surface area contributed by atoms with Gasteiger partial charge >= 0.3 is 0 Å². The molecule has 1 aliphatic carbocycles. The van der Waals surface area contributed by atoms with Crippen molar-refractivity contribution >= 4 is 34.5 Å². The maximum atomic E-state index is 13.1. The summed E-state index contributed by atoms with van der Waals surface area (Å²) < 4.78 is 5.55. The van der Waals surface area contributed by atoms with Crippen LogP contribution in [0.3, 0.4) is 0 Å². The number of nitrogens with one attached hydrogen (secondary N) is 1. The molecule has 0 saturated heterocycles. The van der Waals surface area contributed by atoms with E-state index in [1.807, 2.05) is 36.5 Å². The molecule has 2 N–H and O–H groups in total. The molecule has 6 heteroatoms. The average molecular weight is 415 g/mol. The monoisotopic (exact) mass is 414 g/mol. The minimum Gasteiger partial charge on any atom is -0.396 e. The zero-order valence-electron chi connectivity index (χ0n) is 15.5. The number of aryl methyl sites for hydroxylation is 1. The Morgan fingerprint density at radius 3 is 2.61 bits per heavy atom. The number of pyridine rings is 1. The van der Waals surface area contributed by atoms with Crippen molar-refractivity contribution in [2.24, 2.45) is 0 Å². The van der Waals surface area contributed by atoms with Crippen LogP contribution < -0.4 is 10.2 Å². The van der Waals surface area contributed by atoms with Crippen LogP contribution in [0.1, 0.15) is 36.4 Å². The number of aromatic nitrogens is 1. The molecule has 0 atom stereocenters. The van der Waals surface area contributed by atoms with Crippen molar-refractivity contribution in [1.82, 2.24) is 9.29 Å². The fourth-order valence-corrected chi connectivity index (χ4v) is 4.23. The van der Waals surface area contributed by atoms with Gasteiger partial charge in [-0.3, -0.25) is 9.52 Å². The van der Waals surface area contributed by atoms with Crippen molar-refractivity contribution in [2.45, 2.75) is 43.2 Å². The van der Waals surface area contributed by atoms with Gasteiger partial charge in [0.15, 0.2) is 0 Å². The fraction of sp³-hybridized carbons (Fsp3) is 0.318. The first kappa shape index (κ1) is 19.5. The summed E-state index contributed by atoms with van der Waals surface area (Å²) in [4.78, 5) is 13.8. The van der Waals surface area contributed by atoms with Crippen LogP contribution in [0.2, 0.25) is 5.02 Å². The highest BCUT2D eigenvalue weighted by atomic mass is 35.5. The number of hydrogen-bond acceptors (Lipinski definition) is 4. The van der Waals surface area contributed by atoms with E-state index in [-0.39, 0.29) is 12.0 Å². The first-order chi connectivity index (χ1) is 13.7. The van der Waals surface area contributed by atoms with Gasteiger partial charge in [-0.1, -0.05) is 29.8 Å². The van der Waals surface area contributed by atoms with Crippen LogP contribution in [0.5, 0.6) is 0 Å². The molecule has 28 heavy (non-hydrogen) atoms. The van der Waals surface area contributed by atoms with Gasteiger partial charge in [0.25, 0.3) is 0 Å². The number of nitrogens with zero attached hydrogens (tertiary/aromatic N) is 1. The molecule has 1 aromatic heterocycles. The number of halogens is 1. The van der Waals surface area contributed by atoms with Crippen LogP contribution in [-0.2, 0) is 13.0 Å². The van der Waals surface area contributed by atoms with Gasteiger partial charge in [-0.05, 0) is 73.0 Å². The number of aliphatic hydroxyl groups excluding tert-OH is 1. The highest BCUT2D eigenvalue weighted by molar-refractivity contribution is 7.97. The van der Waals surface area contributed by atoms with E-state index >= 15 is 0 Å². The summed E-state index contributed by atoms with van der Waals surface area (Å²) in [5.41, 5.74) is 3.28. The highest BCUT2D eigenvalue weighted by Gasteiger charge is 2.25. The SMILES string of the molecule is O=c1c(SNCc2ccc(Cl)cc2)cn(C2CC2)c2ccc(CCCO)cc12. The van der Waals surface area contributed by atoms with Gasteiger partial charge in [0, 0.05) is 35.8 Å². The predicted octanol–water partition coefficient (Wildman–Crippen LogP) is 4.71. The molecule has 0 aliphatic heterocycles. The molecule has 4 nitrogen and oxygen atoms in total. The maximum Gasteiger partial charge on any atom is 0.204 e. The van der Waals surface area contributed by atoms with E-state index in [4.69, 9.17) is 16.7 Å². The van der Waals surface area contributed by atoms with Crippen molar-refractivity contribution in [2.75, 3.05) is 6.61 Å². The first-order valence-corrected chi connectivity index (χ1v) is 10.8. The molecule has 0 bridgehead atoms. The maximum absolute atomic E-state index is 13.1. The van der Waals surface area contributed by atoms with Gasteiger partial charge in [0.05, 0.1) is 10.4 Å². The van der Waals surface area contributed by atoms with Gasteiger partial charge in [0.2, 0.25) is 5.43 Å². The van der Waals surface area contributed by atoms with E-state index in [9.17, 15) is 4.79 Å². The third-order valence-electron chi connectivity index (χ3n) is 5.00. The molecule has 146 valence electrons. The van der Waals surface area contributed by atoms with E-state index in [1.54, 1.807) is 0 Å². The summed E-state index contributed by atoms with van der Waals surface area (Å²) in [7, 11) is 0. The van der Waals surface area contributed by atoms with Crippen molar-refractivity contribution in [3.05, 3.63) is 75.0 Å². The number of fused-ring (bicyclic) bond motifs is 1. The summed E-state index contributed by atoms with van der Waals surface area (Å²) in [5, 5.41) is 10.6. The topological polar surface area (TPSA) is 54.3 Å². The number of rotatable bonds is 8. The summed E-state index contributed by atoms with van der Waals surface area (Å²) in [5.74, 6) is 0. The standard InChI is InChI=1S/C22H23ClN2O2S/c23-17-6-3-16(4-7-17)13-24-28-21-14-25(18-8-9-18)20-10-5-15(2-1-11-26)12-19(20)22(21)27/h3-7,10,12,14,18,24,26H,1-2,8-9,11,13H2. The van der Waals surface area contributed by atoms with Crippen LogP contribution in [0.25, 0.3) is 10.9 Å². The van der Waals surface area contributed by atoms with Crippen LogP contribution in [0.4, 0.5) is 0 Å². The second-order valence-electron chi connectivity index (χ2n) is 7.19. The fourth-order valence-electron chi connectivity index (χ4n) is 3.34. The zero-order chi connectivity index (χ0) is 19.5. The van der Waals surface area contributed by atoms with Crippen LogP contribution >= 0.6 is 23.5 Å². The molecule has 3 aromatic rings. The third-order valence-corrected chi connectivity index (χ3v) is 6.05. The molecule has 0 amide bonds. The Morgan fingerprint density at radius 1 is 1.14 bits per heavy atom. The largest absolute Gasteiger partial charge is 0.396 e. The lowest BCUT2D eigenvalue weighted by molar-refractivity contribution is 0.288. The van der Waals surface area contributed by atoms with Gasteiger partial charge in [0.1, 0.15) is 0 Å². The van der Waals surface area contributed by atoms with E-state index in [0.717, 1.165) is 46.3 Å². The minimum absolute atomic E-state index is 0.0614. The molecule has 1 fully saturated rings. The Kier molecular flexibility index (Phi) is 6.07. The number of hydrogen-bond donors (Lipinski definition) is 2. The first-order valence-electron chi connectivity index (χ1n) is 9.58. The molecule has 1 heterocycles. The number of benzene rings is 2. The average Bonchev–Trinajstić information content (AvgIpc) is 3.55. The molecule has 0 spiro atoms. The molecule has 2 aromatic carbocycles. The van der Waals surface area contributed by atoms with Crippen LogP contribution in [0.15, 0.2) is 58.4 Å². The summed E-state index contributed by atoms with van der Waals surface area (Å²) in [6.07, 6.45) is 5.80. The molecule has 1 aliphatic rings. The molecule has 0 unspecified atom stereocenters. The zero-order valence-corrected chi connectivity index (χ0v) is 17.1. The van der Waals surface area contributed by atoms with Crippen LogP contribution in [0, 0.1) is 0 Å². The highest BCUT2D eigenvalue weighted by Crippen LogP contribution is 2.37. The normalized spacial score (nSPS) is 13.9. The smallest absolute Gasteiger partial charge is 0.204 e. The predicted molar refractivity (Wildman–Crippen MR) is 116 cm³/mol. The van der Waals surface area contributed by atoms with Crippen molar-refractivity contribution in [3.63, 3.8) is 0 Å². The van der Waals surface area contributed by atoms with E-state index < -0.39 is 0 Å². The third kappa shape index (κ3) is 4.44. The summed E-state index contributed by atoms with van der Waals surface area (Å²) >= 11 is 7.32. The van der Waals surface area contributed by atoms with E-state index in [2.05, 4.69) is 21.4 Å². The van der Waals surface area contributed by atoms with Gasteiger partial charge in [-0.25, -0.2) is 0 Å². The second-order valence-corrected chi connectivity index (χ2v) is 8.56. The van der Waals surface area contributed by atoms with Crippen molar-refractivity contribution < 1.29 is 5.11 Å². The van der Waals surface area contributed by atoms with Crippen LogP contribution in [-0.4, -0.2) is 16.3 Å². The van der Waals surface area contributed by atoms with Gasteiger partial charge in [-0.15, -0.1) is 0 Å². The summed E-state index contributed by atoms with van der Waals surface area (Å²) in [6.45, 7) is 0.814. The molecular weight excluding hydrogens is 392 g/mol. The van der Waals surface area contributed by atoms with E-state index in [1.165, 1.54) is 11.9 Å². The molecule has 1 saturated carbocycles. The molecular formula is C22H23ClN2O2S. The Balaban J connectivity index is 1.60. The van der Waals surface area contributed by atoms with E-state index in [0.29, 0.717) is 23.9 Å². The summed E-state index contributed by atoms with van der Waals surface area (Å²) in [6, 6.07) is 14.3. The Hall–Kier alpha value is -1.79. The van der Waals surface area contributed by atoms with Gasteiger partial charge < -0.3 is 9.67 Å². The number of aliphatic hydroxyl groups is 1. The van der Waals surface area contributed by atoms with Crippen molar-refractivity contribution in [3.8, 4) is 0 Å². The Bertz CT molecular complexity index is 1030. The second kappa shape index (κ2) is 8.70. The lowest BCUT2D eigenvalue weighted by Gasteiger charge is -2.14. The lowest BCUT2D eigenvalue weighted by atomic mass is 10.1. The molecule has 0 radical (unpaired) electrons. The van der Waals surface area contributed by atoms with Crippen molar-refractivity contribution in [1.29, 1.82) is 0 Å². The van der Waals surface area contributed by atoms with Gasteiger partial charge in [-0.2, -0.15) is 0 Å². The lowest BCUT2D eigenvalue weighted by Crippen LogP contribution is -2.14.